The molecule has 1 aliphatic heterocycles. The molecule has 1 aromatic heterocycles. The van der Waals surface area contributed by atoms with Crippen LogP contribution in [0.15, 0.2) is 24.3 Å². The van der Waals surface area contributed by atoms with E-state index in [0.717, 1.165) is 28.8 Å². The molecule has 0 bridgehead atoms. The van der Waals surface area contributed by atoms with E-state index in [1.165, 1.54) is 0 Å². The zero-order chi connectivity index (χ0) is 13.2. The lowest BCUT2D eigenvalue weighted by Crippen LogP contribution is -2.01. The molecule has 2 aromatic rings. The minimum atomic E-state index is 0.273. The maximum atomic E-state index is 5.34. The van der Waals surface area contributed by atoms with Crippen LogP contribution in [0, 0.1) is 6.92 Å². The summed E-state index contributed by atoms with van der Waals surface area (Å²) in [7, 11) is 1.83. The Labute approximate surface area is 110 Å². The maximum absolute atomic E-state index is 5.34. The number of rotatable bonds is 3. The van der Waals surface area contributed by atoms with Gasteiger partial charge in [0, 0.05) is 24.9 Å². The fraction of sp³-hybridized carbons (Fsp3) is 0.231. The molecule has 2 heterocycles. The average Bonchev–Trinajstić information content (AvgIpc) is 2.85. The van der Waals surface area contributed by atoms with Crippen molar-refractivity contribution in [1.82, 2.24) is 9.97 Å². The highest BCUT2D eigenvalue weighted by atomic mass is 16.7. The van der Waals surface area contributed by atoms with Gasteiger partial charge in [-0.2, -0.15) is 0 Å². The Kier molecular flexibility index (Phi) is 2.83. The van der Waals surface area contributed by atoms with Crippen molar-refractivity contribution < 1.29 is 9.47 Å². The van der Waals surface area contributed by atoms with Crippen molar-refractivity contribution in [2.75, 3.05) is 24.5 Å². The lowest BCUT2D eigenvalue weighted by Gasteiger charge is -2.08. The minimum Gasteiger partial charge on any atom is -0.454 e. The number of benzene rings is 1. The Morgan fingerprint density at radius 2 is 1.84 bits per heavy atom. The number of aromatic nitrogens is 2. The number of anilines is 3. The summed E-state index contributed by atoms with van der Waals surface area (Å²) in [5, 5.41) is 6.22. The van der Waals surface area contributed by atoms with E-state index in [9.17, 15) is 0 Å². The molecule has 6 heteroatoms. The first kappa shape index (κ1) is 11.6. The number of nitrogens with one attached hydrogen (secondary N) is 2. The van der Waals surface area contributed by atoms with Crippen molar-refractivity contribution in [3.63, 3.8) is 0 Å². The van der Waals surface area contributed by atoms with Gasteiger partial charge in [-0.05, 0) is 19.1 Å². The quantitative estimate of drug-likeness (QED) is 0.880. The molecule has 0 saturated heterocycles. The highest BCUT2D eigenvalue weighted by Gasteiger charge is 2.13. The van der Waals surface area contributed by atoms with Gasteiger partial charge in [0.05, 0.1) is 0 Å². The number of fused-ring (bicyclic) bond motifs is 1. The first-order valence-electron chi connectivity index (χ1n) is 5.95. The van der Waals surface area contributed by atoms with E-state index in [1.54, 1.807) is 0 Å². The van der Waals surface area contributed by atoms with Gasteiger partial charge in [-0.3, -0.25) is 0 Å². The van der Waals surface area contributed by atoms with Gasteiger partial charge in [0.2, 0.25) is 6.79 Å². The van der Waals surface area contributed by atoms with Crippen molar-refractivity contribution in [1.29, 1.82) is 0 Å². The van der Waals surface area contributed by atoms with Crippen LogP contribution in [0.4, 0.5) is 17.3 Å². The predicted octanol–water partition coefficient (Wildman–Crippen LogP) is 2.30. The summed E-state index contributed by atoms with van der Waals surface area (Å²) < 4.78 is 10.6. The second-order valence-corrected chi connectivity index (χ2v) is 4.13. The largest absolute Gasteiger partial charge is 0.454 e. The molecule has 0 atom stereocenters. The molecule has 1 aromatic carbocycles. The van der Waals surface area contributed by atoms with Crippen LogP contribution in [0.1, 0.15) is 5.82 Å². The molecule has 0 unspecified atom stereocenters. The van der Waals surface area contributed by atoms with Crippen molar-refractivity contribution >= 4 is 17.3 Å². The summed E-state index contributed by atoms with van der Waals surface area (Å²) in [4.78, 5) is 8.58. The van der Waals surface area contributed by atoms with Gasteiger partial charge in [-0.25, -0.2) is 9.97 Å². The summed E-state index contributed by atoms with van der Waals surface area (Å²) in [5.74, 6) is 3.71. The van der Waals surface area contributed by atoms with Gasteiger partial charge < -0.3 is 20.1 Å². The molecular weight excluding hydrogens is 244 g/mol. The summed E-state index contributed by atoms with van der Waals surface area (Å²) in [6, 6.07) is 7.53. The summed E-state index contributed by atoms with van der Waals surface area (Å²) in [6.07, 6.45) is 0. The summed E-state index contributed by atoms with van der Waals surface area (Å²) in [5.41, 5.74) is 0.893. The topological polar surface area (TPSA) is 68.3 Å². The zero-order valence-corrected chi connectivity index (χ0v) is 10.7. The third-order valence-corrected chi connectivity index (χ3v) is 2.74. The first-order valence-corrected chi connectivity index (χ1v) is 5.95. The van der Waals surface area contributed by atoms with E-state index in [4.69, 9.17) is 9.47 Å². The smallest absolute Gasteiger partial charge is 0.231 e. The van der Waals surface area contributed by atoms with Crippen molar-refractivity contribution in [2.45, 2.75) is 6.92 Å². The SMILES string of the molecule is CNc1cc(Nc2ccc3c(c2)OCO3)nc(C)n1. The van der Waals surface area contributed by atoms with Gasteiger partial charge in [0.15, 0.2) is 11.5 Å². The molecule has 98 valence electrons. The molecule has 0 aliphatic carbocycles. The molecule has 6 nitrogen and oxygen atoms in total. The van der Waals surface area contributed by atoms with Crippen LogP contribution in [0.3, 0.4) is 0 Å². The van der Waals surface area contributed by atoms with Crippen LogP contribution >= 0.6 is 0 Å². The zero-order valence-electron chi connectivity index (χ0n) is 10.7. The van der Waals surface area contributed by atoms with Gasteiger partial charge in [0.1, 0.15) is 17.5 Å². The Morgan fingerprint density at radius 3 is 2.68 bits per heavy atom. The van der Waals surface area contributed by atoms with Crippen LogP contribution in [-0.4, -0.2) is 23.8 Å². The third-order valence-electron chi connectivity index (χ3n) is 2.74. The van der Waals surface area contributed by atoms with E-state index < -0.39 is 0 Å². The Bertz CT molecular complexity index is 616. The first-order chi connectivity index (χ1) is 9.24. The second kappa shape index (κ2) is 4.64. The lowest BCUT2D eigenvalue weighted by molar-refractivity contribution is 0.174. The molecule has 0 amide bonds. The normalized spacial score (nSPS) is 12.3. The molecule has 0 saturated carbocycles. The lowest BCUT2D eigenvalue weighted by atomic mass is 10.3. The highest BCUT2D eigenvalue weighted by molar-refractivity contribution is 5.63. The Balaban J connectivity index is 1.86. The number of hydrogen-bond donors (Lipinski definition) is 2. The highest BCUT2D eigenvalue weighted by Crippen LogP contribution is 2.34. The number of aryl methyl sites for hydroxylation is 1. The molecule has 2 N–H and O–H groups in total. The number of nitrogens with zero attached hydrogens (tertiary/aromatic N) is 2. The fourth-order valence-corrected chi connectivity index (χ4v) is 1.88. The predicted molar refractivity (Wildman–Crippen MR) is 72.2 cm³/mol. The molecule has 0 spiro atoms. The summed E-state index contributed by atoms with van der Waals surface area (Å²) >= 11 is 0. The fourth-order valence-electron chi connectivity index (χ4n) is 1.88. The third kappa shape index (κ3) is 2.37. The second-order valence-electron chi connectivity index (χ2n) is 4.13. The van der Waals surface area contributed by atoms with Crippen molar-refractivity contribution in [3.05, 3.63) is 30.1 Å². The van der Waals surface area contributed by atoms with Gasteiger partial charge >= 0.3 is 0 Å². The van der Waals surface area contributed by atoms with Crippen LogP contribution in [0.5, 0.6) is 11.5 Å². The molecule has 19 heavy (non-hydrogen) atoms. The van der Waals surface area contributed by atoms with E-state index in [-0.39, 0.29) is 6.79 Å². The molecule has 3 rings (SSSR count). The molecular formula is C13H14N4O2. The van der Waals surface area contributed by atoms with E-state index in [1.807, 2.05) is 38.2 Å². The molecule has 1 aliphatic rings. The summed E-state index contributed by atoms with van der Waals surface area (Å²) in [6.45, 7) is 2.13. The van der Waals surface area contributed by atoms with Crippen LogP contribution in [0.2, 0.25) is 0 Å². The molecule has 0 fully saturated rings. The van der Waals surface area contributed by atoms with Crippen LogP contribution in [-0.2, 0) is 0 Å². The standard InChI is InChI=1S/C13H14N4O2/c1-8-15-12(14-2)6-13(16-8)17-9-3-4-10-11(5-9)19-7-18-10/h3-6H,7H2,1-2H3,(H2,14,15,16,17). The molecule has 0 radical (unpaired) electrons. The average molecular weight is 258 g/mol. The number of ether oxygens (including phenoxy) is 2. The van der Waals surface area contributed by atoms with Gasteiger partial charge in [-0.1, -0.05) is 0 Å². The van der Waals surface area contributed by atoms with Gasteiger partial charge in [-0.15, -0.1) is 0 Å². The Morgan fingerprint density at radius 1 is 1.05 bits per heavy atom. The minimum absolute atomic E-state index is 0.273. The van der Waals surface area contributed by atoms with Crippen LogP contribution in [0.25, 0.3) is 0 Å². The van der Waals surface area contributed by atoms with E-state index in [0.29, 0.717) is 5.82 Å². The van der Waals surface area contributed by atoms with Crippen molar-refractivity contribution in [3.8, 4) is 11.5 Å². The van der Waals surface area contributed by atoms with Crippen LogP contribution < -0.4 is 20.1 Å². The number of hydrogen-bond acceptors (Lipinski definition) is 6. The van der Waals surface area contributed by atoms with E-state index >= 15 is 0 Å². The maximum Gasteiger partial charge on any atom is 0.231 e. The monoisotopic (exact) mass is 258 g/mol. The van der Waals surface area contributed by atoms with E-state index in [2.05, 4.69) is 20.6 Å². The Hall–Kier alpha value is -2.50. The van der Waals surface area contributed by atoms with Crippen molar-refractivity contribution in [2.24, 2.45) is 0 Å². The van der Waals surface area contributed by atoms with Gasteiger partial charge in [0.25, 0.3) is 0 Å².